The summed E-state index contributed by atoms with van der Waals surface area (Å²) in [7, 11) is 0. The van der Waals surface area contributed by atoms with Gasteiger partial charge in [0, 0.05) is 57.5 Å². The summed E-state index contributed by atoms with van der Waals surface area (Å²) in [4.78, 5) is 73.6. The van der Waals surface area contributed by atoms with E-state index in [2.05, 4.69) is 17.6 Å². The summed E-state index contributed by atoms with van der Waals surface area (Å²) in [5.74, 6) is 0.174. The van der Waals surface area contributed by atoms with Gasteiger partial charge in [-0.15, -0.1) is 0 Å². The van der Waals surface area contributed by atoms with Crippen LogP contribution in [-0.2, 0) is 55.9 Å². The first-order valence-corrected chi connectivity index (χ1v) is 18.2. The van der Waals surface area contributed by atoms with Crippen molar-refractivity contribution in [1.82, 2.24) is 15.5 Å². The van der Waals surface area contributed by atoms with Crippen LogP contribution in [0.25, 0.3) is 0 Å². The number of hydrogen-bond acceptors (Lipinski definition) is 10. The molecule has 0 bridgehead atoms. The molecule has 1 aliphatic carbocycles. The predicted octanol–water partition coefficient (Wildman–Crippen LogP) is 3.87. The molecule has 52 heavy (non-hydrogen) atoms. The number of amides is 3. The number of carbonyl (C=O) groups excluding carboxylic acids is 6. The standard InChI is InChI=1S/C26H34N2O7.C12H25NO3.CH4/c1-17(2)12-25(32)27-8-9-34-10-11-35-16-20(30)13-18-4-3-5-21-22(18)15-28(26(21)33)23-7-6-19(29)14-24(23)31;1-4-6-15-8-9-16-7-5-13-12(14)10-11(2)3;/h3-5,17,23H,6-16H2,1-2H3,(H,27,32);11H,4-10H2,1-3H3,(H,13,14);1H4. The fraction of sp³-hybridized carbons (Fsp3) is 0.692. The van der Waals surface area contributed by atoms with Crippen LogP contribution in [0.15, 0.2) is 18.2 Å². The number of hydrogen-bond donors (Lipinski definition) is 2. The Morgan fingerprint density at radius 3 is 1.90 bits per heavy atom. The van der Waals surface area contributed by atoms with Gasteiger partial charge in [-0.1, -0.05) is 54.2 Å². The summed E-state index contributed by atoms with van der Waals surface area (Å²) in [6.07, 6.45) is 2.77. The zero-order valence-corrected chi connectivity index (χ0v) is 31.2. The van der Waals surface area contributed by atoms with Crippen molar-refractivity contribution in [3.05, 3.63) is 34.9 Å². The SMILES string of the molecule is C.CC(C)CC(=O)NCCOCCOCC(=O)Cc1cccc2c1CN(C1CCC(=O)CC1=O)C2=O.CCCOCCOCCNC(=O)CC(C)C. The topological polar surface area (TPSA) is 167 Å². The quantitative estimate of drug-likeness (QED) is 0.125. The monoisotopic (exact) mass is 733 g/mol. The van der Waals surface area contributed by atoms with E-state index < -0.39 is 6.04 Å². The van der Waals surface area contributed by atoms with Crippen molar-refractivity contribution in [2.75, 3.05) is 65.9 Å². The average Bonchev–Trinajstić information content (AvgIpc) is 3.40. The van der Waals surface area contributed by atoms with Gasteiger partial charge in [0.1, 0.15) is 12.4 Å². The van der Waals surface area contributed by atoms with Gasteiger partial charge in [0.25, 0.3) is 5.91 Å². The normalized spacial score (nSPS) is 15.2. The van der Waals surface area contributed by atoms with Crippen molar-refractivity contribution < 1.29 is 47.7 Å². The van der Waals surface area contributed by atoms with Crippen LogP contribution in [0, 0.1) is 11.8 Å². The second kappa shape index (κ2) is 26.3. The van der Waals surface area contributed by atoms with E-state index in [1.165, 1.54) is 4.90 Å². The Hall–Kier alpha value is -3.52. The molecular weight excluding hydrogens is 670 g/mol. The third kappa shape index (κ3) is 18.3. The highest BCUT2D eigenvalue weighted by Gasteiger charge is 2.39. The number of ketones is 3. The minimum atomic E-state index is -0.581. The van der Waals surface area contributed by atoms with Crippen LogP contribution in [0.4, 0.5) is 0 Å². The van der Waals surface area contributed by atoms with Gasteiger partial charge in [-0.3, -0.25) is 28.8 Å². The third-order valence-electron chi connectivity index (χ3n) is 7.98. The molecule has 13 nitrogen and oxygen atoms in total. The van der Waals surface area contributed by atoms with E-state index in [9.17, 15) is 28.8 Å². The van der Waals surface area contributed by atoms with E-state index in [1.807, 2.05) is 33.8 Å². The molecule has 1 aliphatic heterocycles. The molecule has 2 N–H and O–H groups in total. The Labute approximate surface area is 310 Å². The summed E-state index contributed by atoms with van der Waals surface area (Å²) in [5, 5.41) is 5.59. The molecule has 1 fully saturated rings. The molecule has 3 amide bonds. The highest BCUT2D eigenvalue weighted by atomic mass is 16.5. The molecule has 2 aliphatic rings. The van der Waals surface area contributed by atoms with Gasteiger partial charge in [-0.05, 0) is 41.9 Å². The van der Waals surface area contributed by atoms with Gasteiger partial charge in [0.2, 0.25) is 11.8 Å². The average molecular weight is 734 g/mol. The number of nitrogens with one attached hydrogen (secondary N) is 2. The summed E-state index contributed by atoms with van der Waals surface area (Å²) in [6, 6.07) is 4.69. The summed E-state index contributed by atoms with van der Waals surface area (Å²) in [6.45, 7) is 14.8. The van der Waals surface area contributed by atoms with Crippen LogP contribution in [0.5, 0.6) is 0 Å². The first kappa shape index (κ1) is 46.5. The maximum Gasteiger partial charge on any atom is 0.255 e. The van der Waals surface area contributed by atoms with Crippen molar-refractivity contribution in [3.8, 4) is 0 Å². The zero-order chi connectivity index (χ0) is 37.6. The summed E-state index contributed by atoms with van der Waals surface area (Å²) >= 11 is 0. The maximum absolute atomic E-state index is 12.9. The second-order valence-electron chi connectivity index (χ2n) is 13.6. The minimum absolute atomic E-state index is 0. The van der Waals surface area contributed by atoms with Crippen molar-refractivity contribution in [2.24, 2.45) is 11.8 Å². The van der Waals surface area contributed by atoms with E-state index in [4.69, 9.17) is 18.9 Å². The molecule has 0 radical (unpaired) electrons. The molecular formula is C39H63N3O10. The smallest absolute Gasteiger partial charge is 0.255 e. The number of ether oxygens (including phenoxy) is 4. The Bertz CT molecular complexity index is 1280. The Morgan fingerprint density at radius 1 is 0.808 bits per heavy atom. The number of nitrogens with zero attached hydrogens (tertiary/aromatic N) is 1. The second-order valence-corrected chi connectivity index (χ2v) is 13.6. The van der Waals surface area contributed by atoms with Gasteiger partial charge in [-0.2, -0.15) is 0 Å². The van der Waals surface area contributed by atoms with Gasteiger partial charge in [0.05, 0.1) is 52.1 Å². The van der Waals surface area contributed by atoms with Gasteiger partial charge < -0.3 is 34.5 Å². The van der Waals surface area contributed by atoms with Gasteiger partial charge in [-0.25, -0.2) is 0 Å². The molecule has 1 heterocycles. The van der Waals surface area contributed by atoms with Crippen molar-refractivity contribution in [3.63, 3.8) is 0 Å². The van der Waals surface area contributed by atoms with Crippen molar-refractivity contribution in [2.45, 2.75) is 99.6 Å². The van der Waals surface area contributed by atoms with Crippen LogP contribution in [-0.4, -0.2) is 112 Å². The molecule has 294 valence electrons. The lowest BCUT2D eigenvalue weighted by molar-refractivity contribution is -0.133. The number of Topliss-reactive ketones (excluding diaryl/α,β-unsaturated/α-hetero) is 3. The largest absolute Gasteiger partial charge is 0.379 e. The van der Waals surface area contributed by atoms with Crippen LogP contribution < -0.4 is 10.6 Å². The summed E-state index contributed by atoms with van der Waals surface area (Å²) in [5.41, 5.74) is 2.02. The number of benzene rings is 1. The lowest BCUT2D eigenvalue weighted by Gasteiger charge is -2.29. The Morgan fingerprint density at radius 2 is 1.37 bits per heavy atom. The van der Waals surface area contributed by atoms with E-state index >= 15 is 0 Å². The molecule has 3 rings (SSSR count). The van der Waals surface area contributed by atoms with Gasteiger partial charge >= 0.3 is 0 Å². The van der Waals surface area contributed by atoms with E-state index in [0.29, 0.717) is 89.2 Å². The summed E-state index contributed by atoms with van der Waals surface area (Å²) < 4.78 is 21.4. The molecule has 0 aromatic heterocycles. The molecule has 1 aromatic carbocycles. The fourth-order valence-electron chi connectivity index (χ4n) is 5.57. The first-order chi connectivity index (χ1) is 24.4. The number of carbonyl (C=O) groups is 6. The van der Waals surface area contributed by atoms with E-state index in [1.54, 1.807) is 12.1 Å². The van der Waals surface area contributed by atoms with Gasteiger partial charge in [0.15, 0.2) is 11.6 Å². The third-order valence-corrected chi connectivity index (χ3v) is 7.98. The van der Waals surface area contributed by atoms with Crippen LogP contribution in [0.1, 0.15) is 102 Å². The minimum Gasteiger partial charge on any atom is -0.379 e. The lowest BCUT2D eigenvalue weighted by Crippen LogP contribution is -2.44. The highest BCUT2D eigenvalue weighted by Crippen LogP contribution is 2.31. The molecule has 1 atom stereocenters. The highest BCUT2D eigenvalue weighted by molar-refractivity contribution is 6.07. The Balaban J connectivity index is 0.000000674. The number of fused-ring (bicyclic) bond motifs is 1. The molecule has 0 spiro atoms. The molecule has 1 unspecified atom stereocenters. The van der Waals surface area contributed by atoms with Crippen LogP contribution in [0.3, 0.4) is 0 Å². The molecule has 1 aromatic rings. The van der Waals surface area contributed by atoms with Crippen molar-refractivity contribution in [1.29, 1.82) is 0 Å². The predicted molar refractivity (Wildman–Crippen MR) is 198 cm³/mol. The number of rotatable bonds is 23. The lowest BCUT2D eigenvalue weighted by atomic mass is 9.92. The molecule has 13 heteroatoms. The first-order valence-electron chi connectivity index (χ1n) is 18.2. The molecule has 1 saturated carbocycles. The van der Waals surface area contributed by atoms with Crippen LogP contribution >= 0.6 is 0 Å². The fourth-order valence-corrected chi connectivity index (χ4v) is 5.57. The zero-order valence-electron chi connectivity index (χ0n) is 31.2. The van der Waals surface area contributed by atoms with Crippen molar-refractivity contribution >= 4 is 35.1 Å². The molecule has 0 saturated heterocycles. The maximum atomic E-state index is 12.9. The van der Waals surface area contributed by atoms with E-state index in [0.717, 1.165) is 24.2 Å². The van der Waals surface area contributed by atoms with Crippen LogP contribution in [0.2, 0.25) is 0 Å². The van der Waals surface area contributed by atoms with E-state index in [-0.39, 0.29) is 75.1 Å². The Kier molecular flexibility index (Phi) is 23.5.